The molecule has 0 atom stereocenters. The quantitative estimate of drug-likeness (QED) is 0.628. The van der Waals surface area contributed by atoms with Gasteiger partial charge in [-0.2, -0.15) is 0 Å². The van der Waals surface area contributed by atoms with Crippen molar-refractivity contribution in [2.75, 3.05) is 6.61 Å². The van der Waals surface area contributed by atoms with Crippen molar-refractivity contribution in [2.24, 2.45) is 5.41 Å². The van der Waals surface area contributed by atoms with Gasteiger partial charge in [0, 0.05) is 6.42 Å². The highest BCUT2D eigenvalue weighted by molar-refractivity contribution is 5.82. The summed E-state index contributed by atoms with van der Waals surface area (Å²) in [5.41, 5.74) is 2.68. The standard InChI is InChI=1S/C21H24O3/c1-21(2,3)20(23)24-14-13-18(17-7-5-4-6-8-17)15-16-9-11-19(22)12-10-16/h4-12,15,22H,13-14H2,1-3H3/b18-15+. The second kappa shape index (κ2) is 7.82. The van der Waals surface area contributed by atoms with Crippen LogP contribution >= 0.6 is 0 Å². The van der Waals surface area contributed by atoms with Crippen LogP contribution in [0, 0.1) is 5.41 Å². The normalized spacial score (nSPS) is 12.0. The molecule has 0 aliphatic carbocycles. The van der Waals surface area contributed by atoms with E-state index < -0.39 is 5.41 Å². The van der Waals surface area contributed by atoms with Gasteiger partial charge in [0.05, 0.1) is 12.0 Å². The van der Waals surface area contributed by atoms with Gasteiger partial charge in [0.25, 0.3) is 0 Å². The molecule has 126 valence electrons. The number of hydrogen-bond donors (Lipinski definition) is 1. The van der Waals surface area contributed by atoms with Crippen molar-refractivity contribution in [1.29, 1.82) is 0 Å². The number of carbonyl (C=O) groups excluding carboxylic acids is 1. The zero-order valence-electron chi connectivity index (χ0n) is 14.5. The Hall–Kier alpha value is -2.55. The minimum absolute atomic E-state index is 0.195. The SMILES string of the molecule is CC(C)(C)C(=O)OCC/C(=C\c1ccc(O)cc1)c1ccccc1. The molecule has 0 aliphatic heterocycles. The van der Waals surface area contributed by atoms with Crippen molar-refractivity contribution >= 4 is 17.6 Å². The largest absolute Gasteiger partial charge is 0.508 e. The van der Waals surface area contributed by atoms with Crippen LogP contribution in [0.2, 0.25) is 0 Å². The van der Waals surface area contributed by atoms with E-state index in [4.69, 9.17) is 4.74 Å². The van der Waals surface area contributed by atoms with E-state index in [9.17, 15) is 9.90 Å². The molecular formula is C21H24O3. The molecular weight excluding hydrogens is 300 g/mol. The van der Waals surface area contributed by atoms with Crippen molar-refractivity contribution in [1.82, 2.24) is 0 Å². The van der Waals surface area contributed by atoms with E-state index in [1.165, 1.54) is 0 Å². The van der Waals surface area contributed by atoms with Crippen LogP contribution in [0.4, 0.5) is 0 Å². The average molecular weight is 324 g/mol. The Morgan fingerprint density at radius 3 is 2.25 bits per heavy atom. The first-order valence-corrected chi connectivity index (χ1v) is 8.08. The number of aromatic hydroxyl groups is 1. The molecule has 0 fully saturated rings. The Morgan fingerprint density at radius 2 is 1.67 bits per heavy atom. The molecule has 3 nitrogen and oxygen atoms in total. The van der Waals surface area contributed by atoms with Gasteiger partial charge in [0.1, 0.15) is 5.75 Å². The van der Waals surface area contributed by atoms with Crippen LogP contribution in [0.25, 0.3) is 11.6 Å². The van der Waals surface area contributed by atoms with Gasteiger partial charge < -0.3 is 9.84 Å². The van der Waals surface area contributed by atoms with Crippen LogP contribution in [-0.2, 0) is 9.53 Å². The second-order valence-electron chi connectivity index (χ2n) is 6.76. The molecule has 2 aromatic carbocycles. The fourth-order valence-electron chi connectivity index (χ4n) is 2.19. The maximum absolute atomic E-state index is 11.9. The number of rotatable bonds is 5. The van der Waals surface area contributed by atoms with Gasteiger partial charge in [-0.05, 0) is 49.6 Å². The molecule has 0 bridgehead atoms. The van der Waals surface area contributed by atoms with Crippen molar-refractivity contribution in [2.45, 2.75) is 27.2 Å². The van der Waals surface area contributed by atoms with E-state index in [0.29, 0.717) is 13.0 Å². The summed E-state index contributed by atoms with van der Waals surface area (Å²) in [6, 6.07) is 17.1. The van der Waals surface area contributed by atoms with Gasteiger partial charge in [-0.1, -0.05) is 48.5 Å². The summed E-state index contributed by atoms with van der Waals surface area (Å²) in [6.07, 6.45) is 2.69. The van der Waals surface area contributed by atoms with Crippen LogP contribution in [0.3, 0.4) is 0 Å². The molecule has 0 amide bonds. The molecule has 0 saturated carbocycles. The number of phenols is 1. The third-order valence-electron chi connectivity index (χ3n) is 3.60. The molecule has 1 N–H and O–H groups in total. The molecule has 0 aliphatic rings. The number of carbonyl (C=O) groups is 1. The maximum atomic E-state index is 11.9. The number of hydrogen-bond acceptors (Lipinski definition) is 3. The lowest BCUT2D eigenvalue weighted by molar-refractivity contribution is -0.152. The fourth-order valence-corrected chi connectivity index (χ4v) is 2.19. The first-order chi connectivity index (χ1) is 11.4. The predicted molar refractivity (Wildman–Crippen MR) is 97.5 cm³/mol. The highest BCUT2D eigenvalue weighted by Crippen LogP contribution is 2.23. The molecule has 0 spiro atoms. The third kappa shape index (κ3) is 5.27. The minimum atomic E-state index is -0.492. The van der Waals surface area contributed by atoms with Gasteiger partial charge in [-0.15, -0.1) is 0 Å². The smallest absolute Gasteiger partial charge is 0.311 e. The number of phenolic OH excluding ortho intramolecular Hbond substituents is 1. The van der Waals surface area contributed by atoms with E-state index in [2.05, 4.69) is 6.08 Å². The van der Waals surface area contributed by atoms with Gasteiger partial charge in [0.2, 0.25) is 0 Å². The first kappa shape index (κ1) is 17.8. The number of ether oxygens (including phenoxy) is 1. The van der Waals surface area contributed by atoms with Crippen molar-refractivity contribution in [3.05, 3.63) is 65.7 Å². The zero-order chi connectivity index (χ0) is 17.6. The lowest BCUT2D eigenvalue weighted by Crippen LogP contribution is -2.23. The lowest BCUT2D eigenvalue weighted by Gasteiger charge is -2.17. The molecule has 0 saturated heterocycles. The van der Waals surface area contributed by atoms with Crippen LogP contribution in [0.5, 0.6) is 5.75 Å². The molecule has 3 heteroatoms. The average Bonchev–Trinajstić information content (AvgIpc) is 2.55. The summed E-state index contributed by atoms with van der Waals surface area (Å²) >= 11 is 0. The molecule has 24 heavy (non-hydrogen) atoms. The Morgan fingerprint density at radius 1 is 1.04 bits per heavy atom. The van der Waals surface area contributed by atoms with Crippen LogP contribution in [0.15, 0.2) is 54.6 Å². The van der Waals surface area contributed by atoms with Gasteiger partial charge in [-0.25, -0.2) is 0 Å². The van der Waals surface area contributed by atoms with Crippen LogP contribution < -0.4 is 0 Å². The summed E-state index contributed by atoms with van der Waals surface area (Å²) in [5, 5.41) is 9.41. The fraction of sp³-hybridized carbons (Fsp3) is 0.286. The zero-order valence-corrected chi connectivity index (χ0v) is 14.5. The van der Waals surface area contributed by atoms with Gasteiger partial charge in [0.15, 0.2) is 0 Å². The first-order valence-electron chi connectivity index (χ1n) is 8.08. The molecule has 0 aromatic heterocycles. The highest BCUT2D eigenvalue weighted by Gasteiger charge is 2.22. The summed E-state index contributed by atoms with van der Waals surface area (Å²) in [5.74, 6) is 0.0482. The van der Waals surface area contributed by atoms with E-state index in [1.807, 2.05) is 63.2 Å². The van der Waals surface area contributed by atoms with E-state index in [-0.39, 0.29) is 11.7 Å². The summed E-state index contributed by atoms with van der Waals surface area (Å²) < 4.78 is 5.40. The summed E-state index contributed by atoms with van der Waals surface area (Å²) in [7, 11) is 0. The van der Waals surface area contributed by atoms with E-state index >= 15 is 0 Å². The van der Waals surface area contributed by atoms with Crippen molar-refractivity contribution in [3.8, 4) is 5.75 Å². The Labute approximate surface area is 143 Å². The molecule has 0 radical (unpaired) electrons. The number of benzene rings is 2. The van der Waals surface area contributed by atoms with E-state index in [0.717, 1.165) is 16.7 Å². The molecule has 2 aromatic rings. The Kier molecular flexibility index (Phi) is 5.80. The van der Waals surface area contributed by atoms with Crippen molar-refractivity contribution < 1.29 is 14.6 Å². The summed E-state index contributed by atoms with van der Waals surface area (Å²) in [6.45, 7) is 5.88. The predicted octanol–water partition coefficient (Wildman–Crippen LogP) is 4.91. The molecule has 0 unspecified atom stereocenters. The molecule has 2 rings (SSSR count). The topological polar surface area (TPSA) is 46.5 Å². The van der Waals surface area contributed by atoms with Crippen molar-refractivity contribution in [3.63, 3.8) is 0 Å². The van der Waals surface area contributed by atoms with E-state index in [1.54, 1.807) is 12.1 Å². The van der Waals surface area contributed by atoms with Crippen LogP contribution in [0.1, 0.15) is 38.3 Å². The minimum Gasteiger partial charge on any atom is -0.508 e. The molecule has 0 heterocycles. The second-order valence-corrected chi connectivity index (χ2v) is 6.76. The Bertz CT molecular complexity index is 692. The summed E-state index contributed by atoms with van der Waals surface area (Å²) in [4.78, 5) is 11.9. The number of esters is 1. The lowest BCUT2D eigenvalue weighted by atomic mass is 9.97. The van der Waals surface area contributed by atoms with Gasteiger partial charge in [-0.3, -0.25) is 4.79 Å². The highest BCUT2D eigenvalue weighted by atomic mass is 16.5. The Balaban J connectivity index is 2.15. The monoisotopic (exact) mass is 324 g/mol. The third-order valence-corrected chi connectivity index (χ3v) is 3.60. The van der Waals surface area contributed by atoms with Gasteiger partial charge >= 0.3 is 5.97 Å². The maximum Gasteiger partial charge on any atom is 0.311 e. The van der Waals surface area contributed by atoms with Crippen LogP contribution in [-0.4, -0.2) is 17.7 Å².